The quantitative estimate of drug-likeness (QED) is 0.575. The number of nitrogens with one attached hydrogen (secondary N) is 1. The molecule has 1 aromatic carbocycles. The molecule has 7 nitrogen and oxygen atoms in total. The zero-order valence-corrected chi connectivity index (χ0v) is 15.3. The molecule has 144 valence electrons. The molecule has 0 amide bonds. The molecule has 2 fully saturated rings. The second-order valence-corrected chi connectivity index (χ2v) is 6.93. The van der Waals surface area contributed by atoms with Gasteiger partial charge in [0.1, 0.15) is 11.4 Å². The number of nitrogens with zero attached hydrogens (tertiary/aromatic N) is 1. The van der Waals surface area contributed by atoms with Gasteiger partial charge in [0.05, 0.1) is 17.6 Å². The molecule has 1 aromatic rings. The second-order valence-electron chi connectivity index (χ2n) is 6.93. The summed E-state index contributed by atoms with van der Waals surface area (Å²) in [6.07, 6.45) is 7.10. The van der Waals surface area contributed by atoms with Gasteiger partial charge in [-0.15, -0.1) is 0 Å². The molecule has 2 aliphatic rings. The second kappa shape index (κ2) is 9.19. The number of hydrogen-bond donors (Lipinski definition) is 1. The monoisotopic (exact) mass is 364 g/mol. The van der Waals surface area contributed by atoms with E-state index in [0.29, 0.717) is 18.0 Å². The van der Waals surface area contributed by atoms with Crippen LogP contribution in [0.4, 0.5) is 11.4 Å². The molecule has 1 saturated heterocycles. The standard InChI is InChI=1S/C19H28N2O5/c1-2-24-15-9-10-18(21(22)23)17(13-15)20-14-6-5-7-16(12-14)26-19-8-3-4-11-25-19/h9-10,13-14,16,19-20H,2-8,11-12H2,1H3/t14?,16-,19+/m0/s1. The van der Waals surface area contributed by atoms with Crippen molar-refractivity contribution in [2.24, 2.45) is 0 Å². The van der Waals surface area contributed by atoms with Crippen LogP contribution in [0.2, 0.25) is 0 Å². The zero-order chi connectivity index (χ0) is 18.4. The summed E-state index contributed by atoms with van der Waals surface area (Å²) in [4.78, 5) is 11.0. The van der Waals surface area contributed by atoms with Crippen molar-refractivity contribution in [2.75, 3.05) is 18.5 Å². The molecule has 7 heteroatoms. The van der Waals surface area contributed by atoms with Gasteiger partial charge >= 0.3 is 0 Å². The van der Waals surface area contributed by atoms with E-state index < -0.39 is 0 Å². The van der Waals surface area contributed by atoms with Crippen LogP contribution >= 0.6 is 0 Å². The summed E-state index contributed by atoms with van der Waals surface area (Å²) in [5.74, 6) is 0.639. The lowest BCUT2D eigenvalue weighted by molar-refractivity contribution is -0.384. The first-order valence-electron chi connectivity index (χ1n) is 9.60. The van der Waals surface area contributed by atoms with Crippen LogP contribution in [0.3, 0.4) is 0 Å². The van der Waals surface area contributed by atoms with Gasteiger partial charge in [0, 0.05) is 24.8 Å². The Balaban J connectivity index is 1.63. The van der Waals surface area contributed by atoms with Crippen molar-refractivity contribution in [1.82, 2.24) is 0 Å². The largest absolute Gasteiger partial charge is 0.494 e. The summed E-state index contributed by atoms with van der Waals surface area (Å²) < 4.78 is 17.3. The Morgan fingerprint density at radius 3 is 2.88 bits per heavy atom. The molecule has 0 bridgehead atoms. The van der Waals surface area contributed by atoms with Gasteiger partial charge in [-0.1, -0.05) is 0 Å². The molecule has 1 saturated carbocycles. The Morgan fingerprint density at radius 1 is 1.27 bits per heavy atom. The number of benzene rings is 1. The van der Waals surface area contributed by atoms with Crippen LogP contribution in [0.15, 0.2) is 18.2 Å². The molecule has 1 unspecified atom stereocenters. The fraction of sp³-hybridized carbons (Fsp3) is 0.684. The zero-order valence-electron chi connectivity index (χ0n) is 15.3. The van der Waals surface area contributed by atoms with E-state index in [0.717, 1.165) is 51.6 Å². The summed E-state index contributed by atoms with van der Waals surface area (Å²) in [5, 5.41) is 14.7. The lowest BCUT2D eigenvalue weighted by Gasteiger charge is -2.33. The summed E-state index contributed by atoms with van der Waals surface area (Å²) in [5.41, 5.74) is 0.590. The maximum atomic E-state index is 11.3. The van der Waals surface area contributed by atoms with Crippen LogP contribution in [-0.4, -0.2) is 36.6 Å². The minimum Gasteiger partial charge on any atom is -0.494 e. The Kier molecular flexibility index (Phi) is 6.68. The van der Waals surface area contributed by atoms with Crippen molar-refractivity contribution in [1.29, 1.82) is 0 Å². The normalized spacial score (nSPS) is 26.3. The van der Waals surface area contributed by atoms with Crippen LogP contribution in [-0.2, 0) is 9.47 Å². The number of hydrogen-bond acceptors (Lipinski definition) is 6. The number of rotatable bonds is 7. The van der Waals surface area contributed by atoms with Crippen molar-refractivity contribution in [3.05, 3.63) is 28.3 Å². The van der Waals surface area contributed by atoms with E-state index >= 15 is 0 Å². The highest BCUT2D eigenvalue weighted by Gasteiger charge is 2.28. The van der Waals surface area contributed by atoms with Gasteiger partial charge in [0.15, 0.2) is 6.29 Å². The average molecular weight is 364 g/mol. The third kappa shape index (κ3) is 5.08. The van der Waals surface area contributed by atoms with Gasteiger partial charge in [0.2, 0.25) is 0 Å². The summed E-state index contributed by atoms with van der Waals surface area (Å²) in [7, 11) is 0. The van der Waals surface area contributed by atoms with Gasteiger partial charge < -0.3 is 19.5 Å². The number of anilines is 1. The Bertz CT molecular complexity index is 604. The first kappa shape index (κ1) is 18.9. The molecular formula is C19H28N2O5. The first-order valence-corrected chi connectivity index (χ1v) is 9.60. The molecular weight excluding hydrogens is 336 g/mol. The average Bonchev–Trinajstić information content (AvgIpc) is 2.63. The molecule has 1 N–H and O–H groups in total. The SMILES string of the molecule is CCOc1ccc([N+](=O)[O-])c(NC2CCC[C@H](O[C@@H]3CCCCO3)C2)c1. The highest BCUT2D eigenvalue weighted by Crippen LogP contribution is 2.33. The molecule has 3 rings (SSSR count). The van der Waals surface area contributed by atoms with Gasteiger partial charge in [-0.3, -0.25) is 10.1 Å². The van der Waals surface area contributed by atoms with E-state index in [2.05, 4.69) is 5.32 Å². The van der Waals surface area contributed by atoms with E-state index in [1.807, 2.05) is 6.92 Å². The summed E-state index contributed by atoms with van der Waals surface area (Å²) >= 11 is 0. The van der Waals surface area contributed by atoms with Crippen molar-refractivity contribution >= 4 is 11.4 Å². The predicted octanol–water partition coefficient (Wildman–Crippen LogP) is 4.26. The molecule has 0 spiro atoms. The van der Waals surface area contributed by atoms with Gasteiger partial charge in [-0.2, -0.15) is 0 Å². The Hall–Kier alpha value is -1.86. The lowest BCUT2D eigenvalue weighted by atomic mass is 9.92. The molecule has 0 radical (unpaired) electrons. The topological polar surface area (TPSA) is 82.9 Å². The first-order chi connectivity index (χ1) is 12.7. The lowest BCUT2D eigenvalue weighted by Crippen LogP contribution is -2.35. The van der Waals surface area contributed by atoms with E-state index in [1.165, 1.54) is 6.07 Å². The third-order valence-electron chi connectivity index (χ3n) is 4.94. The third-order valence-corrected chi connectivity index (χ3v) is 4.94. The van der Waals surface area contributed by atoms with Crippen LogP contribution in [0.25, 0.3) is 0 Å². The van der Waals surface area contributed by atoms with Crippen molar-refractivity contribution in [3.63, 3.8) is 0 Å². The maximum Gasteiger partial charge on any atom is 0.292 e. The van der Waals surface area contributed by atoms with Crippen molar-refractivity contribution < 1.29 is 19.1 Å². The maximum absolute atomic E-state index is 11.3. The minimum atomic E-state index is -0.356. The highest BCUT2D eigenvalue weighted by atomic mass is 16.7. The molecule has 0 aromatic heterocycles. The van der Waals surface area contributed by atoms with Gasteiger partial charge in [0.25, 0.3) is 5.69 Å². The van der Waals surface area contributed by atoms with Crippen LogP contribution in [0, 0.1) is 10.1 Å². The van der Waals surface area contributed by atoms with Crippen LogP contribution < -0.4 is 10.1 Å². The van der Waals surface area contributed by atoms with Crippen LogP contribution in [0.5, 0.6) is 5.75 Å². The molecule has 26 heavy (non-hydrogen) atoms. The van der Waals surface area contributed by atoms with Gasteiger partial charge in [-0.05, 0) is 57.9 Å². The molecule has 1 aliphatic carbocycles. The molecule has 1 heterocycles. The number of nitro groups is 1. The van der Waals surface area contributed by atoms with Crippen LogP contribution in [0.1, 0.15) is 51.9 Å². The molecule has 3 atom stereocenters. The predicted molar refractivity (Wildman–Crippen MR) is 98.6 cm³/mol. The fourth-order valence-corrected chi connectivity index (χ4v) is 3.70. The van der Waals surface area contributed by atoms with E-state index in [-0.39, 0.29) is 29.0 Å². The van der Waals surface area contributed by atoms with E-state index in [9.17, 15) is 10.1 Å². The Labute approximate surface area is 154 Å². The van der Waals surface area contributed by atoms with E-state index in [1.54, 1.807) is 12.1 Å². The molecule has 1 aliphatic heterocycles. The number of ether oxygens (including phenoxy) is 3. The van der Waals surface area contributed by atoms with Crippen molar-refractivity contribution in [3.8, 4) is 5.75 Å². The number of nitro benzene ring substituents is 1. The minimum absolute atomic E-state index is 0.0760. The smallest absolute Gasteiger partial charge is 0.292 e. The van der Waals surface area contributed by atoms with Crippen molar-refractivity contribution in [2.45, 2.75) is 70.3 Å². The highest BCUT2D eigenvalue weighted by molar-refractivity contribution is 5.64. The van der Waals surface area contributed by atoms with E-state index in [4.69, 9.17) is 14.2 Å². The summed E-state index contributed by atoms with van der Waals surface area (Å²) in [6.45, 7) is 3.19. The Morgan fingerprint density at radius 2 is 2.15 bits per heavy atom. The summed E-state index contributed by atoms with van der Waals surface area (Å²) in [6, 6.07) is 5.00. The van der Waals surface area contributed by atoms with Gasteiger partial charge in [-0.25, -0.2) is 0 Å². The fourth-order valence-electron chi connectivity index (χ4n) is 3.70.